The summed E-state index contributed by atoms with van der Waals surface area (Å²) in [5.41, 5.74) is -0.793. The highest BCUT2D eigenvalue weighted by Crippen LogP contribution is 2.42. The Morgan fingerprint density at radius 1 is 0.956 bits per heavy atom. The third-order valence-corrected chi connectivity index (χ3v) is 8.04. The fourth-order valence-electron chi connectivity index (χ4n) is 4.66. The molecular weight excluding hydrogens is 621 g/mol. The van der Waals surface area contributed by atoms with Gasteiger partial charge in [0.1, 0.15) is 23.8 Å². The number of anilines is 1. The first-order valence-electron chi connectivity index (χ1n) is 13.6. The smallest absolute Gasteiger partial charge is 0.390 e. The number of carbonyl (C=O) groups excluding carboxylic acids is 2. The monoisotopic (exact) mass is 651 g/mol. The maximum Gasteiger partial charge on any atom is 0.390 e. The lowest BCUT2D eigenvalue weighted by Crippen LogP contribution is -2.45. The van der Waals surface area contributed by atoms with Crippen molar-refractivity contribution in [2.75, 3.05) is 30.8 Å². The fourth-order valence-corrected chi connectivity index (χ4v) is 5.59. The zero-order valence-electron chi connectivity index (χ0n) is 24.7. The number of halogens is 5. The molecule has 0 radical (unpaired) electrons. The third kappa shape index (κ3) is 7.62. The van der Waals surface area contributed by atoms with Gasteiger partial charge in [-0.25, -0.2) is 17.2 Å². The van der Waals surface area contributed by atoms with Crippen LogP contribution in [0.5, 0.6) is 0 Å². The summed E-state index contributed by atoms with van der Waals surface area (Å²) >= 11 is 0. The zero-order chi connectivity index (χ0) is 33.3. The first kappa shape index (κ1) is 33.4. The van der Waals surface area contributed by atoms with E-state index in [0.717, 1.165) is 18.4 Å². The van der Waals surface area contributed by atoms with Gasteiger partial charge in [-0.15, -0.1) is 0 Å². The van der Waals surface area contributed by atoms with Crippen molar-refractivity contribution in [3.05, 3.63) is 77.6 Å². The lowest BCUT2D eigenvalue weighted by Gasteiger charge is -2.26. The van der Waals surface area contributed by atoms with Crippen molar-refractivity contribution in [1.29, 1.82) is 0 Å². The zero-order valence-corrected chi connectivity index (χ0v) is 25.5. The van der Waals surface area contributed by atoms with E-state index in [1.54, 1.807) is 0 Å². The second kappa shape index (κ2) is 12.5. The second-order valence-electron chi connectivity index (χ2n) is 11.0. The van der Waals surface area contributed by atoms with Crippen LogP contribution in [0.25, 0.3) is 33.4 Å². The van der Waals surface area contributed by atoms with Crippen molar-refractivity contribution >= 4 is 38.5 Å². The molecule has 14 heteroatoms. The van der Waals surface area contributed by atoms with Crippen molar-refractivity contribution in [2.24, 2.45) is 0 Å². The Morgan fingerprint density at radius 3 is 2.20 bits per heavy atom. The maximum atomic E-state index is 13.7. The van der Waals surface area contributed by atoms with Gasteiger partial charge in [-0.1, -0.05) is 12.1 Å². The molecule has 0 fully saturated rings. The third-order valence-electron chi connectivity index (χ3n) is 6.86. The highest BCUT2D eigenvalue weighted by atomic mass is 32.2. The molecule has 45 heavy (non-hydrogen) atoms. The molecule has 0 atom stereocenters. The van der Waals surface area contributed by atoms with Crippen LogP contribution in [0.3, 0.4) is 0 Å². The first-order valence-corrected chi connectivity index (χ1v) is 15.4. The van der Waals surface area contributed by atoms with Crippen LogP contribution in [-0.4, -0.2) is 58.5 Å². The van der Waals surface area contributed by atoms with Gasteiger partial charge in [0.05, 0.1) is 29.5 Å². The largest absolute Gasteiger partial charge is 0.455 e. The lowest BCUT2D eigenvalue weighted by atomic mass is 9.96. The van der Waals surface area contributed by atoms with Crippen molar-refractivity contribution in [3.8, 4) is 22.5 Å². The number of nitrogens with zero attached hydrogens (tertiary/aromatic N) is 1. The van der Waals surface area contributed by atoms with E-state index in [0.29, 0.717) is 9.87 Å². The molecule has 4 rings (SSSR count). The molecule has 2 N–H and O–H groups in total. The van der Waals surface area contributed by atoms with Crippen LogP contribution in [0.2, 0.25) is 0 Å². The molecule has 0 saturated carbocycles. The summed E-state index contributed by atoms with van der Waals surface area (Å²) in [7, 11) is -2.96. The highest BCUT2D eigenvalue weighted by molar-refractivity contribution is 7.92. The number of hydrogen-bond acceptors (Lipinski definition) is 5. The Labute approximate surface area is 256 Å². The number of fused-ring (bicyclic) bond motifs is 1. The molecule has 0 aliphatic carbocycles. The Hall–Kier alpha value is -4.46. The summed E-state index contributed by atoms with van der Waals surface area (Å²) < 4.78 is 99.5. The van der Waals surface area contributed by atoms with Crippen molar-refractivity contribution in [1.82, 2.24) is 10.6 Å². The molecule has 0 aliphatic rings. The molecule has 2 amide bonds. The number of benzene rings is 3. The van der Waals surface area contributed by atoms with E-state index in [4.69, 9.17) is 4.42 Å². The molecule has 0 unspecified atom stereocenters. The van der Waals surface area contributed by atoms with E-state index in [9.17, 15) is 40.0 Å². The summed E-state index contributed by atoms with van der Waals surface area (Å²) in [4.78, 5) is 26.1. The van der Waals surface area contributed by atoms with Crippen molar-refractivity contribution in [3.63, 3.8) is 0 Å². The van der Waals surface area contributed by atoms with Gasteiger partial charge in [-0.05, 0) is 61.9 Å². The van der Waals surface area contributed by atoms with Crippen LogP contribution >= 0.6 is 0 Å². The summed E-state index contributed by atoms with van der Waals surface area (Å²) in [5.74, 6) is -1.79. The molecule has 4 aromatic rings. The molecule has 0 bridgehead atoms. The molecule has 1 heterocycles. The van der Waals surface area contributed by atoms with Gasteiger partial charge in [-0.2, -0.15) is 13.2 Å². The molecule has 0 spiro atoms. The minimum Gasteiger partial charge on any atom is -0.455 e. The average Bonchev–Trinajstić information content (AvgIpc) is 3.33. The summed E-state index contributed by atoms with van der Waals surface area (Å²) in [5, 5.41) is 5.22. The molecule has 0 aliphatic heterocycles. The Balaban J connectivity index is 2.04. The van der Waals surface area contributed by atoms with E-state index in [1.165, 1.54) is 69.4 Å². The second-order valence-corrected chi connectivity index (χ2v) is 12.9. The van der Waals surface area contributed by atoms with Gasteiger partial charge in [0.2, 0.25) is 10.0 Å². The molecule has 3 aromatic carbocycles. The van der Waals surface area contributed by atoms with Gasteiger partial charge in [0.25, 0.3) is 11.8 Å². The van der Waals surface area contributed by atoms with Crippen molar-refractivity contribution in [2.45, 2.75) is 32.0 Å². The number of carbonyl (C=O) groups is 2. The van der Waals surface area contributed by atoms with Crippen LogP contribution in [0.4, 0.5) is 27.6 Å². The Kier molecular flexibility index (Phi) is 9.29. The van der Waals surface area contributed by atoms with Crippen LogP contribution in [0, 0.1) is 5.82 Å². The standard InChI is InChI=1S/C31H30F5N3O5S/c1-30(2,17-32)38-28(40)20-7-5-6-19(14-20)22-15-23-25(16-24(22)39(45(4,42)43)13-12-31(34,35)36)44-27(26(23)29(41)37-3)18-8-10-21(33)11-9-18/h5-11,14-16H,12-13,17H2,1-4H3,(H,37,41)(H,38,40). The predicted octanol–water partition coefficient (Wildman–Crippen LogP) is 6.46. The lowest BCUT2D eigenvalue weighted by molar-refractivity contribution is -0.131. The highest BCUT2D eigenvalue weighted by Gasteiger charge is 2.33. The topological polar surface area (TPSA) is 109 Å². The molecule has 240 valence electrons. The van der Waals surface area contributed by atoms with E-state index >= 15 is 0 Å². The van der Waals surface area contributed by atoms with Crippen LogP contribution in [-0.2, 0) is 10.0 Å². The van der Waals surface area contributed by atoms with E-state index in [2.05, 4.69) is 10.6 Å². The average molecular weight is 652 g/mol. The minimum atomic E-state index is -4.69. The molecule has 0 saturated heterocycles. The number of sulfonamides is 1. The summed E-state index contributed by atoms with van der Waals surface area (Å²) in [6.45, 7) is 1.12. The Morgan fingerprint density at radius 2 is 1.62 bits per heavy atom. The van der Waals surface area contributed by atoms with Crippen molar-refractivity contribution < 1.29 is 44.4 Å². The molecule has 8 nitrogen and oxygen atoms in total. The maximum absolute atomic E-state index is 13.7. The quantitative estimate of drug-likeness (QED) is 0.191. The van der Waals surface area contributed by atoms with Crippen LogP contribution < -0.4 is 14.9 Å². The molecular formula is C31H30F5N3O5S. The Bertz CT molecular complexity index is 1850. The normalized spacial score (nSPS) is 12.3. The fraction of sp³-hybridized carbons (Fsp3) is 0.290. The van der Waals surface area contributed by atoms with Crippen LogP contribution in [0.15, 0.2) is 65.1 Å². The number of amides is 2. The van der Waals surface area contributed by atoms with Gasteiger partial charge >= 0.3 is 6.18 Å². The number of nitrogens with one attached hydrogen (secondary N) is 2. The van der Waals surface area contributed by atoms with Crippen LogP contribution in [0.1, 0.15) is 41.0 Å². The van der Waals surface area contributed by atoms with E-state index in [1.807, 2.05) is 0 Å². The van der Waals surface area contributed by atoms with Gasteiger partial charge < -0.3 is 15.1 Å². The number of alkyl halides is 4. The first-order chi connectivity index (χ1) is 20.9. The number of rotatable bonds is 10. The summed E-state index contributed by atoms with van der Waals surface area (Å²) in [6, 6.07) is 13.4. The van der Waals surface area contributed by atoms with Gasteiger partial charge in [0.15, 0.2) is 0 Å². The SMILES string of the molecule is CNC(=O)c1c(-c2ccc(F)cc2)oc2cc(N(CCC(F)(F)F)S(C)(=O)=O)c(-c3cccc(C(=O)NC(C)(C)CF)c3)cc12. The number of furan rings is 1. The van der Waals surface area contributed by atoms with E-state index in [-0.39, 0.29) is 44.7 Å². The predicted molar refractivity (Wildman–Crippen MR) is 161 cm³/mol. The number of hydrogen-bond donors (Lipinski definition) is 2. The van der Waals surface area contributed by atoms with E-state index < -0.39 is 59.0 Å². The summed E-state index contributed by atoms with van der Waals surface area (Å²) in [6.07, 6.45) is -5.41. The van der Waals surface area contributed by atoms with Gasteiger partial charge in [0, 0.05) is 41.7 Å². The molecule has 1 aromatic heterocycles. The van der Waals surface area contributed by atoms with Gasteiger partial charge in [-0.3, -0.25) is 13.9 Å². The minimum absolute atomic E-state index is 0.00620.